The molecule has 0 bridgehead atoms. The van der Waals surface area contributed by atoms with E-state index < -0.39 is 0 Å². The minimum atomic E-state index is -0.212. The van der Waals surface area contributed by atoms with Crippen LogP contribution < -0.4 is 5.56 Å². The molecule has 5 rings (SSSR count). The van der Waals surface area contributed by atoms with Crippen molar-refractivity contribution in [2.24, 2.45) is 0 Å². The van der Waals surface area contributed by atoms with Crippen molar-refractivity contribution in [3.63, 3.8) is 0 Å². The number of rotatable bonds is 5. The van der Waals surface area contributed by atoms with Gasteiger partial charge in [-0.05, 0) is 49.9 Å². The van der Waals surface area contributed by atoms with Gasteiger partial charge in [0.05, 0.1) is 0 Å². The molecule has 1 saturated heterocycles. The smallest absolute Gasteiger partial charge is 0.300 e. The molecule has 2 aliphatic rings. The average Bonchev–Trinajstić information content (AvgIpc) is 3.27. The number of hydrogen-bond acceptors (Lipinski definition) is 5. The second kappa shape index (κ2) is 9.70. The van der Waals surface area contributed by atoms with Crippen LogP contribution in [0.1, 0.15) is 55.5 Å². The number of aromatic nitrogens is 4. The van der Waals surface area contributed by atoms with Gasteiger partial charge >= 0.3 is 5.56 Å². The maximum absolute atomic E-state index is 13.1. The van der Waals surface area contributed by atoms with Gasteiger partial charge in [0, 0.05) is 63.1 Å². The van der Waals surface area contributed by atoms with Crippen LogP contribution in [-0.2, 0) is 11.2 Å². The normalized spacial score (nSPS) is 18.0. The monoisotopic (exact) mass is 462 g/mol. The molecule has 8 nitrogen and oxygen atoms in total. The van der Waals surface area contributed by atoms with Gasteiger partial charge in [0.2, 0.25) is 11.6 Å². The van der Waals surface area contributed by atoms with Crippen molar-refractivity contribution in [3.05, 3.63) is 57.9 Å². The fourth-order valence-electron chi connectivity index (χ4n) is 5.56. The highest BCUT2D eigenvalue weighted by atomic mass is 16.2. The van der Waals surface area contributed by atoms with Crippen LogP contribution in [-0.4, -0.2) is 67.1 Å². The predicted molar refractivity (Wildman–Crippen MR) is 131 cm³/mol. The lowest BCUT2D eigenvalue weighted by atomic mass is 9.94. The molecular weight excluding hydrogens is 428 g/mol. The van der Waals surface area contributed by atoms with Crippen molar-refractivity contribution in [1.29, 1.82) is 0 Å². The molecule has 2 fully saturated rings. The third kappa shape index (κ3) is 4.64. The molecule has 3 heterocycles. The van der Waals surface area contributed by atoms with E-state index in [2.05, 4.69) is 21.2 Å². The summed E-state index contributed by atoms with van der Waals surface area (Å²) >= 11 is 0. The van der Waals surface area contributed by atoms with Crippen molar-refractivity contribution in [3.8, 4) is 5.69 Å². The number of carbonyl (C=O) groups is 1. The molecule has 1 aliphatic heterocycles. The number of hydrogen-bond donors (Lipinski definition) is 0. The van der Waals surface area contributed by atoms with Gasteiger partial charge in [0.1, 0.15) is 5.82 Å². The second-order valence-corrected chi connectivity index (χ2v) is 9.84. The first-order chi connectivity index (χ1) is 16.5. The van der Waals surface area contributed by atoms with E-state index in [1.807, 2.05) is 37.1 Å². The zero-order chi connectivity index (χ0) is 23.7. The maximum atomic E-state index is 13.1. The van der Waals surface area contributed by atoms with E-state index in [-0.39, 0.29) is 17.1 Å². The van der Waals surface area contributed by atoms with Crippen LogP contribution in [0, 0.1) is 13.8 Å². The van der Waals surface area contributed by atoms with Gasteiger partial charge in [-0.3, -0.25) is 23.5 Å². The van der Waals surface area contributed by atoms with Gasteiger partial charge in [0.25, 0.3) is 0 Å². The molecule has 0 N–H and O–H groups in total. The van der Waals surface area contributed by atoms with Gasteiger partial charge in [-0.1, -0.05) is 25.3 Å². The van der Waals surface area contributed by atoms with Crippen LogP contribution in [0.3, 0.4) is 0 Å². The Morgan fingerprint density at radius 1 is 0.941 bits per heavy atom. The topological polar surface area (TPSA) is 75.7 Å². The maximum Gasteiger partial charge on any atom is 0.300 e. The van der Waals surface area contributed by atoms with E-state index in [1.165, 1.54) is 32.1 Å². The largest absolute Gasteiger partial charge is 0.340 e. The molecule has 0 atom stereocenters. The van der Waals surface area contributed by atoms with Crippen LogP contribution in [0.15, 0.2) is 35.4 Å². The first kappa shape index (κ1) is 22.8. The molecule has 1 saturated carbocycles. The van der Waals surface area contributed by atoms with E-state index in [9.17, 15) is 9.59 Å². The fourth-order valence-corrected chi connectivity index (χ4v) is 5.56. The highest BCUT2D eigenvalue weighted by Crippen LogP contribution is 2.23. The number of piperazine rings is 1. The first-order valence-electron chi connectivity index (χ1n) is 12.6. The lowest BCUT2D eigenvalue weighted by Crippen LogP contribution is -2.52. The van der Waals surface area contributed by atoms with Crippen molar-refractivity contribution in [1.82, 2.24) is 29.0 Å². The third-order valence-electron chi connectivity index (χ3n) is 7.35. The standard InChI is InChI=1S/C26H34N6O2/c1-19-16-20(2)18-22(17-19)31-14-15-32-23(27-28-25(32)26(31)34)8-9-24(33)30-12-10-29(11-13-30)21-6-4-3-5-7-21/h14-18,21H,3-13H2,1-2H3. The zero-order valence-electron chi connectivity index (χ0n) is 20.2. The average molecular weight is 463 g/mol. The summed E-state index contributed by atoms with van der Waals surface area (Å²) in [4.78, 5) is 30.5. The van der Waals surface area contributed by atoms with E-state index >= 15 is 0 Å². The Kier molecular flexibility index (Phi) is 6.50. The minimum absolute atomic E-state index is 0.156. The molecule has 0 spiro atoms. The van der Waals surface area contributed by atoms with Crippen LogP contribution in [0.2, 0.25) is 0 Å². The highest BCUT2D eigenvalue weighted by molar-refractivity contribution is 5.76. The molecule has 180 valence electrons. The number of carbonyl (C=O) groups excluding carboxylic acids is 1. The van der Waals surface area contributed by atoms with E-state index in [0.29, 0.717) is 24.7 Å². The molecule has 0 radical (unpaired) electrons. The third-order valence-corrected chi connectivity index (χ3v) is 7.35. The van der Waals surface area contributed by atoms with Gasteiger partial charge in [-0.25, -0.2) is 0 Å². The summed E-state index contributed by atoms with van der Waals surface area (Å²) in [6, 6.07) is 6.75. The Hall–Kier alpha value is -3.00. The summed E-state index contributed by atoms with van der Waals surface area (Å²) in [6.07, 6.45) is 11.1. The van der Waals surface area contributed by atoms with Crippen LogP contribution in [0.4, 0.5) is 0 Å². The Morgan fingerprint density at radius 3 is 2.35 bits per heavy atom. The molecule has 1 aromatic carbocycles. The van der Waals surface area contributed by atoms with Crippen LogP contribution >= 0.6 is 0 Å². The van der Waals surface area contributed by atoms with E-state index in [4.69, 9.17) is 0 Å². The number of fused-ring (bicyclic) bond motifs is 1. The summed E-state index contributed by atoms with van der Waals surface area (Å²) in [5, 5.41) is 8.39. The SMILES string of the molecule is Cc1cc(C)cc(-n2ccn3c(CCC(=O)N4CCN(C5CCCCC5)CC4)nnc3c2=O)c1. The number of aryl methyl sites for hydroxylation is 3. The summed E-state index contributed by atoms with van der Waals surface area (Å²) in [5.41, 5.74) is 3.09. The summed E-state index contributed by atoms with van der Waals surface area (Å²) in [5.74, 6) is 0.803. The van der Waals surface area contributed by atoms with Crippen LogP contribution in [0.5, 0.6) is 0 Å². The molecular formula is C26H34N6O2. The van der Waals surface area contributed by atoms with E-state index in [0.717, 1.165) is 43.0 Å². The van der Waals surface area contributed by atoms with E-state index in [1.54, 1.807) is 15.2 Å². The molecule has 34 heavy (non-hydrogen) atoms. The molecule has 8 heteroatoms. The van der Waals surface area contributed by atoms with Gasteiger partial charge in [0.15, 0.2) is 0 Å². The molecule has 1 amide bonds. The number of nitrogens with zero attached hydrogens (tertiary/aromatic N) is 6. The van der Waals surface area contributed by atoms with Crippen molar-refractivity contribution >= 4 is 11.6 Å². The minimum Gasteiger partial charge on any atom is -0.340 e. The van der Waals surface area contributed by atoms with Crippen LogP contribution in [0.25, 0.3) is 11.3 Å². The Balaban J connectivity index is 1.23. The second-order valence-electron chi connectivity index (χ2n) is 9.84. The Bertz CT molecular complexity index is 1210. The summed E-state index contributed by atoms with van der Waals surface area (Å²) in [7, 11) is 0. The number of amides is 1. The highest BCUT2D eigenvalue weighted by Gasteiger charge is 2.27. The van der Waals surface area contributed by atoms with Gasteiger partial charge in [-0.2, -0.15) is 0 Å². The van der Waals surface area contributed by atoms with Gasteiger partial charge in [-0.15, -0.1) is 10.2 Å². The van der Waals surface area contributed by atoms with Gasteiger partial charge < -0.3 is 4.90 Å². The quantitative estimate of drug-likeness (QED) is 0.583. The van der Waals surface area contributed by atoms with Crippen molar-refractivity contribution in [2.45, 2.75) is 64.8 Å². The molecule has 0 unspecified atom stereocenters. The summed E-state index contributed by atoms with van der Waals surface area (Å²) < 4.78 is 3.32. The first-order valence-corrected chi connectivity index (χ1v) is 12.6. The van der Waals surface area contributed by atoms with Crippen molar-refractivity contribution in [2.75, 3.05) is 26.2 Å². The lowest BCUT2D eigenvalue weighted by Gasteiger charge is -2.40. The lowest BCUT2D eigenvalue weighted by molar-refractivity contribution is -0.133. The molecule has 1 aliphatic carbocycles. The van der Waals surface area contributed by atoms with Crippen molar-refractivity contribution < 1.29 is 4.79 Å². The Labute approximate surface area is 200 Å². The Morgan fingerprint density at radius 2 is 1.65 bits per heavy atom. The fraction of sp³-hybridized carbons (Fsp3) is 0.538. The summed E-state index contributed by atoms with van der Waals surface area (Å²) in [6.45, 7) is 7.59. The zero-order valence-corrected chi connectivity index (χ0v) is 20.2. The molecule has 3 aromatic rings. The molecule has 2 aromatic heterocycles. The number of benzene rings is 1. The predicted octanol–water partition coefficient (Wildman–Crippen LogP) is 2.91.